The first-order valence-corrected chi connectivity index (χ1v) is 10.1. The number of hydrogen-bond acceptors (Lipinski definition) is 5. The van der Waals surface area contributed by atoms with Gasteiger partial charge in [0, 0.05) is 11.1 Å². The van der Waals surface area contributed by atoms with Crippen LogP contribution in [-0.2, 0) is 0 Å². The third-order valence-corrected chi connectivity index (χ3v) is 5.65. The largest absolute Gasteiger partial charge is 0.508 e. The summed E-state index contributed by atoms with van der Waals surface area (Å²) in [6, 6.07) is 5.20. The van der Waals surface area contributed by atoms with Crippen LogP contribution in [0.4, 0.5) is 0 Å². The highest BCUT2D eigenvalue weighted by atomic mass is 32.2. The minimum atomic E-state index is -0.584. The van der Waals surface area contributed by atoms with Gasteiger partial charge in [-0.25, -0.2) is 4.79 Å². The molecule has 0 bridgehead atoms. The van der Waals surface area contributed by atoms with Crippen LogP contribution in [0.25, 0.3) is 5.70 Å². The summed E-state index contributed by atoms with van der Waals surface area (Å²) >= 11 is 0. The van der Waals surface area contributed by atoms with Crippen molar-refractivity contribution in [3.8, 4) is 11.5 Å². The molecule has 2 aromatic rings. The molecule has 1 aliphatic heterocycles. The number of rotatable bonds is 3. The Balaban J connectivity index is 1.97. The third-order valence-electron chi connectivity index (χ3n) is 4.07. The molecule has 27 heavy (non-hydrogen) atoms. The summed E-state index contributed by atoms with van der Waals surface area (Å²) in [7, 11) is -0.416. The summed E-state index contributed by atoms with van der Waals surface area (Å²) in [5, 5.41) is 16.5. The van der Waals surface area contributed by atoms with Crippen molar-refractivity contribution in [1.29, 1.82) is 0 Å². The van der Waals surface area contributed by atoms with Crippen LogP contribution in [0.15, 0.2) is 51.0 Å². The highest BCUT2D eigenvalue weighted by molar-refractivity contribution is 8.18. The van der Waals surface area contributed by atoms with Gasteiger partial charge in [-0.2, -0.15) is 9.78 Å². The van der Waals surface area contributed by atoms with Crippen LogP contribution >= 0.6 is 10.5 Å². The highest BCUT2D eigenvalue weighted by Crippen LogP contribution is 2.32. The maximum absolute atomic E-state index is 12.0. The average Bonchev–Trinajstić information content (AvgIpc) is 2.59. The molecule has 0 spiro atoms. The lowest BCUT2D eigenvalue weighted by Crippen LogP contribution is -2.31. The summed E-state index contributed by atoms with van der Waals surface area (Å²) < 4.78 is 7.25. The first-order chi connectivity index (χ1) is 12.8. The second-order valence-electron chi connectivity index (χ2n) is 6.54. The Labute approximate surface area is 158 Å². The molecule has 0 fully saturated rings. The summed E-state index contributed by atoms with van der Waals surface area (Å²) in [6.45, 7) is 5.91. The zero-order chi connectivity index (χ0) is 19.7. The zero-order valence-corrected chi connectivity index (χ0v) is 16.3. The Bertz CT molecular complexity index is 1110. The Hall–Kier alpha value is -2.87. The van der Waals surface area contributed by atoms with Gasteiger partial charge in [-0.1, -0.05) is 13.8 Å². The van der Waals surface area contributed by atoms with Crippen LogP contribution in [-0.4, -0.2) is 31.2 Å². The number of nitrogens with one attached hydrogen (secondary N) is 1. The van der Waals surface area contributed by atoms with Gasteiger partial charge in [0.25, 0.3) is 5.56 Å². The van der Waals surface area contributed by atoms with Crippen LogP contribution in [0.3, 0.4) is 0 Å². The van der Waals surface area contributed by atoms with Gasteiger partial charge in [0.05, 0.1) is 5.70 Å². The van der Waals surface area contributed by atoms with E-state index in [0.29, 0.717) is 11.4 Å². The molecule has 2 N–H and O–H groups in total. The second kappa shape index (κ2) is 7.40. The van der Waals surface area contributed by atoms with Crippen molar-refractivity contribution in [2.45, 2.75) is 26.7 Å². The van der Waals surface area contributed by atoms with Gasteiger partial charge < -0.3 is 9.84 Å². The third kappa shape index (κ3) is 3.95. The Morgan fingerprint density at radius 1 is 1.30 bits per heavy atom. The molecular formula is C19H21N3O4S. The number of allylic oxidation sites excluding steroid dienone is 2. The van der Waals surface area contributed by atoms with Crippen molar-refractivity contribution >= 4 is 21.2 Å². The lowest BCUT2D eigenvalue weighted by atomic mass is 10.0. The lowest BCUT2D eigenvalue weighted by Gasteiger charge is -2.19. The molecule has 1 atom stereocenters. The van der Waals surface area contributed by atoms with E-state index in [0.717, 1.165) is 27.1 Å². The summed E-state index contributed by atoms with van der Waals surface area (Å²) in [5.74, 6) is 1.07. The lowest BCUT2D eigenvalue weighted by molar-refractivity contribution is 0.462. The molecule has 0 saturated carbocycles. The van der Waals surface area contributed by atoms with Crippen molar-refractivity contribution in [3.63, 3.8) is 0 Å². The Kier molecular flexibility index (Phi) is 5.18. The quantitative estimate of drug-likeness (QED) is 0.789. The van der Waals surface area contributed by atoms with E-state index in [9.17, 15) is 14.7 Å². The van der Waals surface area contributed by atoms with Crippen molar-refractivity contribution in [1.82, 2.24) is 14.8 Å². The van der Waals surface area contributed by atoms with Crippen molar-refractivity contribution in [2.75, 3.05) is 6.26 Å². The molecule has 142 valence electrons. The molecule has 0 amide bonds. The maximum atomic E-state index is 12.0. The van der Waals surface area contributed by atoms with Crippen molar-refractivity contribution in [3.05, 3.63) is 67.9 Å². The minimum Gasteiger partial charge on any atom is -0.508 e. The number of H-pyrrole nitrogens is 1. The molecule has 1 aromatic carbocycles. The number of benzene rings is 1. The average molecular weight is 387 g/mol. The van der Waals surface area contributed by atoms with E-state index in [1.165, 1.54) is 0 Å². The van der Waals surface area contributed by atoms with Gasteiger partial charge in [-0.05, 0) is 48.8 Å². The number of ether oxygens (including phenoxy) is 1. The topological polar surface area (TPSA) is 97.2 Å². The standard InChI is InChI=1S/C19H21N3O4S/c1-11(2)15-8-14(5-6-16(15)23)26-18-12(3)7-13(10-27(18)4)22-19(25)21-17(24)9-20-22/h5-11,23H,1-4H3,(H,21,24,25). The number of hydrogen-bond donors (Lipinski definition) is 2. The van der Waals surface area contributed by atoms with E-state index in [4.69, 9.17) is 4.74 Å². The van der Waals surface area contributed by atoms with E-state index in [-0.39, 0.29) is 11.7 Å². The summed E-state index contributed by atoms with van der Waals surface area (Å²) in [6.07, 6.45) is 4.84. The number of aromatic hydroxyl groups is 1. The van der Waals surface area contributed by atoms with Crippen LogP contribution in [0.5, 0.6) is 11.5 Å². The minimum absolute atomic E-state index is 0.172. The Morgan fingerprint density at radius 2 is 2.04 bits per heavy atom. The monoisotopic (exact) mass is 387 g/mol. The summed E-state index contributed by atoms with van der Waals surface area (Å²) in [5.41, 5.74) is 1.15. The fraction of sp³-hybridized carbons (Fsp3) is 0.263. The summed E-state index contributed by atoms with van der Waals surface area (Å²) in [4.78, 5) is 25.4. The van der Waals surface area contributed by atoms with E-state index < -0.39 is 21.7 Å². The fourth-order valence-electron chi connectivity index (χ4n) is 2.76. The molecule has 8 heteroatoms. The van der Waals surface area contributed by atoms with Crippen LogP contribution < -0.4 is 16.0 Å². The van der Waals surface area contributed by atoms with Gasteiger partial charge in [0.2, 0.25) is 0 Å². The fourth-order valence-corrected chi connectivity index (χ4v) is 4.19. The Morgan fingerprint density at radius 3 is 2.67 bits per heavy atom. The normalized spacial score (nSPS) is 16.9. The number of nitrogens with zero attached hydrogens (tertiary/aromatic N) is 2. The van der Waals surface area contributed by atoms with Gasteiger partial charge >= 0.3 is 5.69 Å². The molecule has 0 saturated heterocycles. The van der Waals surface area contributed by atoms with E-state index in [1.807, 2.05) is 38.5 Å². The molecule has 3 rings (SSSR count). The zero-order valence-electron chi connectivity index (χ0n) is 15.5. The van der Waals surface area contributed by atoms with Crippen LogP contribution in [0, 0.1) is 0 Å². The van der Waals surface area contributed by atoms with Gasteiger partial charge in [-0.3, -0.25) is 9.78 Å². The van der Waals surface area contributed by atoms with Gasteiger partial charge in [0.15, 0.2) is 5.05 Å². The SMILES string of the molecule is CC1=CC(n2ncc(=O)[nH]c2=O)=CS(C)=C1Oc1ccc(O)c(C(C)C)c1. The molecular weight excluding hydrogens is 366 g/mol. The first-order valence-electron chi connectivity index (χ1n) is 8.38. The molecule has 1 unspecified atom stereocenters. The number of aromatic amines is 1. The van der Waals surface area contributed by atoms with E-state index >= 15 is 0 Å². The predicted octanol–water partition coefficient (Wildman–Crippen LogP) is 2.63. The second-order valence-corrected chi connectivity index (χ2v) is 8.27. The smallest absolute Gasteiger partial charge is 0.349 e. The first kappa shape index (κ1) is 18.9. The van der Waals surface area contributed by atoms with E-state index in [1.54, 1.807) is 18.2 Å². The number of phenolic OH excluding ortho intramolecular Hbond substituents is 1. The van der Waals surface area contributed by atoms with E-state index in [2.05, 4.69) is 10.1 Å². The van der Waals surface area contributed by atoms with Crippen molar-refractivity contribution < 1.29 is 9.84 Å². The number of phenols is 1. The van der Waals surface area contributed by atoms with Gasteiger partial charge in [-0.15, -0.1) is 10.5 Å². The molecule has 7 nitrogen and oxygen atoms in total. The maximum Gasteiger partial charge on any atom is 0.349 e. The molecule has 0 radical (unpaired) electrons. The molecule has 1 aromatic heterocycles. The highest BCUT2D eigenvalue weighted by Gasteiger charge is 2.16. The number of aromatic nitrogens is 3. The molecule has 2 heterocycles. The van der Waals surface area contributed by atoms with Crippen molar-refractivity contribution in [2.24, 2.45) is 0 Å². The predicted molar refractivity (Wildman–Crippen MR) is 108 cm³/mol. The van der Waals surface area contributed by atoms with Crippen LogP contribution in [0.2, 0.25) is 0 Å². The molecule has 0 aliphatic carbocycles. The van der Waals surface area contributed by atoms with Gasteiger partial charge in [0.1, 0.15) is 17.7 Å². The molecule has 1 aliphatic rings. The van der Waals surface area contributed by atoms with Crippen LogP contribution in [0.1, 0.15) is 32.3 Å².